The topological polar surface area (TPSA) is 107 Å². The lowest BCUT2D eigenvalue weighted by Gasteiger charge is -2.30. The van der Waals surface area contributed by atoms with Crippen LogP contribution in [0.3, 0.4) is 0 Å². The Kier molecular flexibility index (Phi) is 6.08. The third-order valence-corrected chi connectivity index (χ3v) is 6.36. The van der Waals surface area contributed by atoms with Crippen molar-refractivity contribution >= 4 is 33.5 Å². The fourth-order valence-corrected chi connectivity index (χ4v) is 4.41. The van der Waals surface area contributed by atoms with Crippen molar-refractivity contribution in [2.24, 2.45) is 0 Å². The lowest BCUT2D eigenvalue weighted by Crippen LogP contribution is -2.43. The van der Waals surface area contributed by atoms with Gasteiger partial charge in [0.15, 0.2) is 0 Å². The van der Waals surface area contributed by atoms with Crippen LogP contribution >= 0.6 is 0 Å². The van der Waals surface area contributed by atoms with Crippen molar-refractivity contribution in [2.45, 2.75) is 18.9 Å². The van der Waals surface area contributed by atoms with E-state index in [0.717, 1.165) is 36.8 Å². The molecular formula is C26H25FN4O4. The zero-order valence-corrected chi connectivity index (χ0v) is 19.0. The zero-order valence-electron chi connectivity index (χ0n) is 19.0. The van der Waals surface area contributed by atoms with Gasteiger partial charge in [-0.15, -0.1) is 0 Å². The Labute approximate surface area is 199 Å². The number of rotatable bonds is 3. The van der Waals surface area contributed by atoms with E-state index in [1.54, 1.807) is 6.07 Å². The van der Waals surface area contributed by atoms with Crippen molar-refractivity contribution in [1.82, 2.24) is 14.9 Å². The lowest BCUT2D eigenvalue weighted by molar-refractivity contribution is 0.0695. The highest BCUT2D eigenvalue weighted by Gasteiger charge is 2.28. The molecule has 1 saturated carbocycles. The summed E-state index contributed by atoms with van der Waals surface area (Å²) in [6.45, 7) is 2.96. The van der Waals surface area contributed by atoms with Gasteiger partial charge in [0.05, 0.1) is 11.2 Å². The van der Waals surface area contributed by atoms with Crippen LogP contribution < -0.4 is 21.2 Å². The summed E-state index contributed by atoms with van der Waals surface area (Å²) in [5.41, 5.74) is 0.996. The molecule has 6 rings (SSSR count). The number of pyridine rings is 2. The van der Waals surface area contributed by atoms with Crippen molar-refractivity contribution in [1.29, 1.82) is 0 Å². The second-order valence-corrected chi connectivity index (χ2v) is 8.78. The van der Waals surface area contributed by atoms with Crippen LogP contribution in [0, 0.1) is 5.82 Å². The Morgan fingerprint density at radius 2 is 1.77 bits per heavy atom. The van der Waals surface area contributed by atoms with E-state index < -0.39 is 17.2 Å². The number of nitrogens with one attached hydrogen (secondary N) is 2. The van der Waals surface area contributed by atoms with Gasteiger partial charge in [0.25, 0.3) is 0 Å². The molecule has 3 heterocycles. The van der Waals surface area contributed by atoms with E-state index in [2.05, 4.69) is 10.3 Å². The summed E-state index contributed by atoms with van der Waals surface area (Å²) in [7, 11) is 0. The van der Waals surface area contributed by atoms with Gasteiger partial charge in [0.1, 0.15) is 11.4 Å². The third kappa shape index (κ3) is 4.67. The van der Waals surface area contributed by atoms with Gasteiger partial charge in [-0.25, -0.2) is 9.18 Å². The average molecular weight is 477 g/mol. The number of carboxylic acids is 1. The molecule has 0 spiro atoms. The molecule has 35 heavy (non-hydrogen) atoms. The number of carbonyl (C=O) groups is 1. The van der Waals surface area contributed by atoms with Crippen molar-refractivity contribution < 1.29 is 14.3 Å². The second-order valence-electron chi connectivity index (χ2n) is 8.78. The van der Waals surface area contributed by atoms with Gasteiger partial charge in [0.2, 0.25) is 11.0 Å². The molecule has 0 amide bonds. The van der Waals surface area contributed by atoms with Crippen LogP contribution in [0.25, 0.3) is 21.8 Å². The molecule has 2 aliphatic rings. The highest BCUT2D eigenvalue weighted by atomic mass is 19.1. The quantitative estimate of drug-likeness (QED) is 0.420. The van der Waals surface area contributed by atoms with Crippen LogP contribution in [0.4, 0.5) is 10.1 Å². The molecular weight excluding hydrogens is 451 g/mol. The number of H-pyrrole nitrogens is 1. The first-order chi connectivity index (χ1) is 16.9. The highest BCUT2D eigenvalue weighted by Crippen LogP contribution is 2.38. The van der Waals surface area contributed by atoms with Crippen LogP contribution in [-0.4, -0.2) is 46.8 Å². The number of aromatic carboxylic acids is 1. The van der Waals surface area contributed by atoms with Gasteiger partial charge in [-0.3, -0.25) is 9.59 Å². The molecule has 2 aromatic heterocycles. The van der Waals surface area contributed by atoms with Crippen LogP contribution in [0.1, 0.15) is 29.2 Å². The summed E-state index contributed by atoms with van der Waals surface area (Å²) in [6, 6.07) is 14.1. The number of halogens is 1. The Bertz CT molecular complexity index is 1530. The number of piperazine rings is 1. The number of hydrogen-bond acceptors (Lipinski definition) is 5. The number of carboxylic acid groups (broad SMARTS) is 1. The van der Waals surface area contributed by atoms with Gasteiger partial charge in [-0.05, 0) is 42.5 Å². The van der Waals surface area contributed by atoms with Crippen LogP contribution in [0.5, 0.6) is 0 Å². The number of hydrogen-bond donors (Lipinski definition) is 3. The van der Waals surface area contributed by atoms with E-state index in [9.17, 15) is 23.9 Å². The van der Waals surface area contributed by atoms with Gasteiger partial charge in [-0.2, -0.15) is 0 Å². The number of benzene rings is 2. The van der Waals surface area contributed by atoms with Crippen molar-refractivity contribution in [3.8, 4) is 0 Å². The van der Waals surface area contributed by atoms with Crippen molar-refractivity contribution in [3.05, 3.63) is 86.7 Å². The fourth-order valence-electron chi connectivity index (χ4n) is 4.41. The second kappa shape index (κ2) is 9.34. The Balaban J connectivity index is 0.000000192. The first-order valence-corrected chi connectivity index (χ1v) is 11.6. The molecule has 1 aliphatic heterocycles. The maximum atomic E-state index is 14.6. The largest absolute Gasteiger partial charge is 0.477 e. The Morgan fingerprint density at radius 1 is 1.03 bits per heavy atom. The molecule has 9 heteroatoms. The summed E-state index contributed by atoms with van der Waals surface area (Å²) >= 11 is 0. The van der Waals surface area contributed by atoms with E-state index in [0.29, 0.717) is 24.3 Å². The molecule has 180 valence electrons. The third-order valence-electron chi connectivity index (χ3n) is 6.36. The molecule has 4 aromatic rings. The van der Waals surface area contributed by atoms with Gasteiger partial charge in [0, 0.05) is 55.4 Å². The van der Waals surface area contributed by atoms with E-state index in [-0.39, 0.29) is 22.6 Å². The maximum Gasteiger partial charge on any atom is 0.341 e. The molecule has 2 fully saturated rings. The summed E-state index contributed by atoms with van der Waals surface area (Å²) < 4.78 is 16.4. The van der Waals surface area contributed by atoms with Gasteiger partial charge >= 0.3 is 5.97 Å². The summed E-state index contributed by atoms with van der Waals surface area (Å²) in [6.07, 6.45) is 3.29. The number of nitrogens with zero attached hydrogens (tertiary/aromatic N) is 2. The highest BCUT2D eigenvalue weighted by molar-refractivity contribution is 5.93. The number of aromatic amines is 1. The number of aromatic nitrogens is 2. The summed E-state index contributed by atoms with van der Waals surface area (Å²) in [5, 5.41) is 13.7. The predicted molar refractivity (Wildman–Crippen MR) is 133 cm³/mol. The summed E-state index contributed by atoms with van der Waals surface area (Å²) in [5.74, 6) is -1.76. The molecule has 0 bridgehead atoms. The molecule has 1 saturated heterocycles. The van der Waals surface area contributed by atoms with Gasteiger partial charge < -0.3 is 24.9 Å². The Morgan fingerprint density at radius 3 is 2.49 bits per heavy atom. The maximum absolute atomic E-state index is 14.6. The minimum Gasteiger partial charge on any atom is -0.477 e. The van der Waals surface area contributed by atoms with Crippen molar-refractivity contribution in [3.63, 3.8) is 0 Å². The van der Waals surface area contributed by atoms with Gasteiger partial charge in [-0.1, -0.05) is 18.2 Å². The SMILES string of the molecule is O=C(O)c1cn(C2CC2)c2cc(N3CCNCC3)c(F)cc2c1=O.O=c1ccc2ccccc2[nH]1. The molecule has 0 atom stereocenters. The normalized spacial score (nSPS) is 15.6. The molecule has 2 aromatic carbocycles. The smallest absolute Gasteiger partial charge is 0.341 e. The first kappa shape index (κ1) is 22.8. The summed E-state index contributed by atoms with van der Waals surface area (Å²) in [4.78, 5) is 39.3. The predicted octanol–water partition coefficient (Wildman–Crippen LogP) is 3.11. The van der Waals surface area contributed by atoms with E-state index >= 15 is 0 Å². The molecule has 8 nitrogen and oxygen atoms in total. The monoisotopic (exact) mass is 476 g/mol. The lowest BCUT2D eigenvalue weighted by atomic mass is 10.1. The average Bonchev–Trinajstić information content (AvgIpc) is 3.70. The minimum absolute atomic E-state index is 0.0521. The Hall–Kier alpha value is -3.98. The van der Waals surface area contributed by atoms with E-state index in [4.69, 9.17) is 0 Å². The molecule has 0 unspecified atom stereocenters. The van der Waals surface area contributed by atoms with Crippen LogP contribution in [0.15, 0.2) is 64.3 Å². The molecule has 0 radical (unpaired) electrons. The molecule has 1 aliphatic carbocycles. The minimum atomic E-state index is -1.28. The first-order valence-electron chi connectivity index (χ1n) is 11.6. The molecule has 3 N–H and O–H groups in total. The van der Waals surface area contributed by atoms with E-state index in [1.807, 2.05) is 39.8 Å². The fraction of sp³-hybridized carbons (Fsp3) is 0.269. The number of fused-ring (bicyclic) bond motifs is 2. The zero-order chi connectivity index (χ0) is 24.5. The van der Waals surface area contributed by atoms with Crippen LogP contribution in [0.2, 0.25) is 0 Å². The van der Waals surface area contributed by atoms with E-state index in [1.165, 1.54) is 18.3 Å². The van der Waals surface area contributed by atoms with Crippen molar-refractivity contribution in [2.75, 3.05) is 31.1 Å². The number of para-hydroxylation sites is 1. The van der Waals surface area contributed by atoms with Crippen LogP contribution in [-0.2, 0) is 0 Å². The standard InChI is InChI=1S/C17H18FN3O3.C9H7NO/c18-13-7-11-14(8-15(13)20-5-3-19-4-6-20)21(10-1-2-10)9-12(16(11)22)17(23)24;11-9-6-5-7-3-1-2-4-8(7)10-9/h7-10,19H,1-6H2,(H,23,24);1-6H,(H,10,11). The number of anilines is 1.